The summed E-state index contributed by atoms with van der Waals surface area (Å²) in [4.78, 5) is 13.3. The van der Waals surface area contributed by atoms with Crippen molar-refractivity contribution in [3.8, 4) is 5.75 Å². The van der Waals surface area contributed by atoms with Gasteiger partial charge in [-0.15, -0.1) is 0 Å². The highest BCUT2D eigenvalue weighted by atomic mass is 16.5. The number of ether oxygens (including phenoxy) is 1. The monoisotopic (exact) mass is 374 g/mol. The largest absolute Gasteiger partial charge is 0.426 e. The van der Waals surface area contributed by atoms with Crippen LogP contribution >= 0.6 is 0 Å². The Kier molecular flexibility index (Phi) is 6.68. The van der Waals surface area contributed by atoms with Crippen LogP contribution in [0, 0.1) is 16.7 Å². The minimum absolute atomic E-state index is 0.00478. The average Bonchev–Trinajstić information content (AvgIpc) is 2.42. The van der Waals surface area contributed by atoms with Gasteiger partial charge in [-0.25, -0.2) is 0 Å². The number of esters is 1. The third kappa shape index (κ3) is 6.36. The number of carbonyl (C=O) groups is 1. The molecule has 0 aliphatic carbocycles. The predicted octanol–water partition coefficient (Wildman–Crippen LogP) is 7.29. The molecule has 0 heterocycles. The first-order valence-electron chi connectivity index (χ1n) is 10.2. The van der Waals surface area contributed by atoms with Gasteiger partial charge in [0, 0.05) is 0 Å². The summed E-state index contributed by atoms with van der Waals surface area (Å²) in [6.07, 6.45) is 0.793. The molecule has 0 N–H and O–H groups in total. The number of benzene rings is 1. The van der Waals surface area contributed by atoms with Crippen LogP contribution in [0.15, 0.2) is 18.2 Å². The Balaban J connectivity index is 3.35. The second kappa shape index (κ2) is 7.60. The molecule has 1 atom stereocenters. The molecule has 0 bridgehead atoms. The Morgan fingerprint density at radius 1 is 0.815 bits per heavy atom. The van der Waals surface area contributed by atoms with Gasteiger partial charge < -0.3 is 4.74 Å². The number of rotatable bonds is 4. The van der Waals surface area contributed by atoms with Crippen LogP contribution < -0.4 is 4.74 Å². The molecular formula is C25H42O2. The van der Waals surface area contributed by atoms with Crippen molar-refractivity contribution in [2.75, 3.05) is 0 Å². The fourth-order valence-electron chi connectivity index (χ4n) is 3.36. The first-order chi connectivity index (χ1) is 11.9. The van der Waals surface area contributed by atoms with Crippen molar-refractivity contribution >= 4 is 5.97 Å². The molecule has 2 heteroatoms. The molecule has 1 rings (SSSR count). The Labute approximate surface area is 168 Å². The SMILES string of the molecule is CC(C)C(C)(CC(C)(C)C)C(=O)Oc1cc(C(C)(C)C)cc(C(C)(C)C)c1. The molecule has 27 heavy (non-hydrogen) atoms. The lowest BCUT2D eigenvalue weighted by atomic mass is 9.69. The predicted molar refractivity (Wildman–Crippen MR) is 116 cm³/mol. The zero-order valence-corrected chi connectivity index (χ0v) is 19.8. The van der Waals surface area contributed by atoms with Crippen molar-refractivity contribution in [3.05, 3.63) is 29.3 Å². The summed E-state index contributed by atoms with van der Waals surface area (Å²) >= 11 is 0. The van der Waals surface area contributed by atoms with Gasteiger partial charge in [0.25, 0.3) is 0 Å². The smallest absolute Gasteiger partial charge is 0.317 e. The van der Waals surface area contributed by atoms with Crippen molar-refractivity contribution < 1.29 is 9.53 Å². The van der Waals surface area contributed by atoms with Crippen LogP contribution in [0.2, 0.25) is 0 Å². The normalized spacial score (nSPS) is 15.6. The maximum absolute atomic E-state index is 13.3. The second-order valence-electron chi connectivity index (χ2n) is 11.9. The Morgan fingerprint density at radius 2 is 1.22 bits per heavy atom. The van der Waals surface area contributed by atoms with E-state index in [1.807, 2.05) is 19.1 Å². The van der Waals surface area contributed by atoms with Crippen LogP contribution in [-0.2, 0) is 15.6 Å². The highest BCUT2D eigenvalue weighted by molar-refractivity contribution is 5.79. The highest BCUT2D eigenvalue weighted by Gasteiger charge is 2.41. The molecule has 1 aromatic carbocycles. The summed E-state index contributed by atoms with van der Waals surface area (Å²) in [6, 6.07) is 6.31. The first-order valence-corrected chi connectivity index (χ1v) is 10.2. The third-order valence-electron chi connectivity index (χ3n) is 5.49. The van der Waals surface area contributed by atoms with Crippen LogP contribution in [0.5, 0.6) is 5.75 Å². The van der Waals surface area contributed by atoms with Gasteiger partial charge in [0.1, 0.15) is 5.75 Å². The van der Waals surface area contributed by atoms with E-state index in [-0.39, 0.29) is 28.1 Å². The van der Waals surface area contributed by atoms with Gasteiger partial charge in [-0.2, -0.15) is 0 Å². The minimum atomic E-state index is -0.516. The molecule has 0 spiro atoms. The van der Waals surface area contributed by atoms with E-state index in [1.54, 1.807) is 0 Å². The zero-order chi connectivity index (χ0) is 21.4. The minimum Gasteiger partial charge on any atom is -0.426 e. The maximum atomic E-state index is 13.3. The molecule has 0 aromatic heterocycles. The van der Waals surface area contributed by atoms with Crippen molar-refractivity contribution in [3.63, 3.8) is 0 Å². The van der Waals surface area contributed by atoms with Crippen LogP contribution in [0.4, 0.5) is 0 Å². The van der Waals surface area contributed by atoms with Crippen LogP contribution in [-0.4, -0.2) is 5.97 Å². The molecular weight excluding hydrogens is 332 g/mol. The van der Waals surface area contributed by atoms with Gasteiger partial charge in [0.15, 0.2) is 0 Å². The molecule has 1 unspecified atom stereocenters. The molecule has 0 saturated heterocycles. The van der Waals surface area contributed by atoms with E-state index in [0.717, 1.165) is 6.42 Å². The summed E-state index contributed by atoms with van der Waals surface area (Å²) < 4.78 is 6.02. The first kappa shape index (κ1) is 23.7. The molecule has 0 aliphatic heterocycles. The molecule has 0 saturated carbocycles. The molecule has 0 radical (unpaired) electrons. The van der Waals surface area contributed by atoms with Crippen molar-refractivity contribution in [2.24, 2.45) is 16.7 Å². The molecule has 0 fully saturated rings. The molecule has 154 valence electrons. The van der Waals surface area contributed by atoms with Gasteiger partial charge in [-0.05, 0) is 58.8 Å². The van der Waals surface area contributed by atoms with Gasteiger partial charge >= 0.3 is 5.97 Å². The fraction of sp³-hybridized carbons (Fsp3) is 0.720. The average molecular weight is 375 g/mol. The lowest BCUT2D eigenvalue weighted by molar-refractivity contribution is -0.149. The Hall–Kier alpha value is -1.31. The summed E-state index contributed by atoms with van der Waals surface area (Å²) in [5.74, 6) is 0.744. The van der Waals surface area contributed by atoms with Crippen molar-refractivity contribution in [2.45, 2.75) is 100 Å². The molecule has 2 nitrogen and oxygen atoms in total. The molecule has 0 amide bonds. The fourth-order valence-corrected chi connectivity index (χ4v) is 3.36. The number of carbonyl (C=O) groups excluding carboxylic acids is 1. The number of hydrogen-bond acceptors (Lipinski definition) is 2. The van der Waals surface area contributed by atoms with Gasteiger partial charge in [-0.1, -0.05) is 82.2 Å². The van der Waals surface area contributed by atoms with E-state index in [0.29, 0.717) is 5.75 Å². The van der Waals surface area contributed by atoms with Gasteiger partial charge in [-0.3, -0.25) is 4.79 Å². The summed E-state index contributed by atoms with van der Waals surface area (Å²) in [7, 11) is 0. The molecule has 1 aromatic rings. The third-order valence-corrected chi connectivity index (χ3v) is 5.49. The van der Waals surface area contributed by atoms with Gasteiger partial charge in [0.2, 0.25) is 0 Å². The highest BCUT2D eigenvalue weighted by Crippen LogP contribution is 2.41. The summed E-state index contributed by atoms with van der Waals surface area (Å²) in [5.41, 5.74) is 1.92. The topological polar surface area (TPSA) is 26.3 Å². The second-order valence-corrected chi connectivity index (χ2v) is 11.9. The van der Waals surface area contributed by atoms with E-state index >= 15 is 0 Å². The van der Waals surface area contributed by atoms with Crippen LogP contribution in [0.3, 0.4) is 0 Å². The van der Waals surface area contributed by atoms with E-state index in [9.17, 15) is 4.79 Å². The van der Waals surface area contributed by atoms with E-state index in [4.69, 9.17) is 4.74 Å². The van der Waals surface area contributed by atoms with Crippen LogP contribution in [0.25, 0.3) is 0 Å². The summed E-state index contributed by atoms with van der Waals surface area (Å²) in [5, 5.41) is 0. The Bertz CT molecular complexity index is 631. The summed E-state index contributed by atoms with van der Waals surface area (Å²) in [6.45, 7) is 26.0. The van der Waals surface area contributed by atoms with Crippen LogP contribution in [0.1, 0.15) is 101 Å². The van der Waals surface area contributed by atoms with Crippen molar-refractivity contribution in [1.29, 1.82) is 0 Å². The maximum Gasteiger partial charge on any atom is 0.317 e. The quantitative estimate of drug-likeness (QED) is 0.408. The standard InChI is InChI=1S/C25H42O2/c1-17(2)25(12,16-22(3,4)5)21(26)27-20-14-18(23(6,7)8)13-19(15-20)24(9,10)11/h13-15,17H,16H2,1-12H3. The van der Waals surface area contributed by atoms with Crippen molar-refractivity contribution in [1.82, 2.24) is 0 Å². The van der Waals surface area contributed by atoms with E-state index in [1.165, 1.54) is 11.1 Å². The Morgan fingerprint density at radius 3 is 1.52 bits per heavy atom. The zero-order valence-electron chi connectivity index (χ0n) is 19.8. The lowest BCUT2D eigenvalue weighted by Crippen LogP contribution is -2.40. The molecule has 0 aliphatic rings. The lowest BCUT2D eigenvalue weighted by Gasteiger charge is -2.37. The number of hydrogen-bond donors (Lipinski definition) is 0. The van der Waals surface area contributed by atoms with E-state index in [2.05, 4.69) is 82.2 Å². The van der Waals surface area contributed by atoms with E-state index < -0.39 is 5.41 Å². The van der Waals surface area contributed by atoms with Gasteiger partial charge in [0.05, 0.1) is 5.41 Å².